The number of aromatic nitrogens is 4. The van der Waals surface area contributed by atoms with Crippen LogP contribution in [0.1, 0.15) is 0 Å². The molecule has 6 nitrogen and oxygen atoms in total. The summed E-state index contributed by atoms with van der Waals surface area (Å²) in [5.74, 6) is 1.02. The topological polar surface area (TPSA) is 75.7 Å². The number of aromatic amines is 1. The molecule has 0 aliphatic carbocycles. The summed E-state index contributed by atoms with van der Waals surface area (Å²) in [4.78, 5) is 14.1. The zero-order valence-corrected chi connectivity index (χ0v) is 10.0. The van der Waals surface area contributed by atoms with E-state index < -0.39 is 6.08 Å². The molecule has 0 amide bonds. The minimum atomic E-state index is -0.829. The number of nitrogens with zero attached hydrogens (tertiary/aromatic N) is 3. The molecular weight excluding hydrogens is 249 g/mol. The summed E-state index contributed by atoms with van der Waals surface area (Å²) in [5.41, 5.74) is 1.55. The lowest BCUT2D eigenvalue weighted by atomic mass is 10.3. The van der Waals surface area contributed by atoms with Crippen LogP contribution in [-0.4, -0.2) is 27.0 Å². The number of hydrogen-bond donors (Lipinski definition) is 2. The highest BCUT2D eigenvalue weighted by Crippen LogP contribution is 2.23. The van der Waals surface area contributed by atoms with Crippen LogP contribution in [0, 0.1) is 6.08 Å². The van der Waals surface area contributed by atoms with E-state index in [9.17, 15) is 4.39 Å². The second-order valence-electron chi connectivity index (χ2n) is 3.80. The van der Waals surface area contributed by atoms with Crippen molar-refractivity contribution in [2.75, 3.05) is 12.4 Å². The van der Waals surface area contributed by atoms with Crippen molar-refractivity contribution in [1.82, 2.24) is 19.9 Å². The molecule has 0 unspecified atom stereocenters. The van der Waals surface area contributed by atoms with Gasteiger partial charge in [0, 0.05) is 11.8 Å². The zero-order chi connectivity index (χ0) is 13.2. The summed E-state index contributed by atoms with van der Waals surface area (Å²) in [6.07, 6.45) is 0.611. The van der Waals surface area contributed by atoms with Crippen LogP contribution in [0.3, 0.4) is 0 Å². The Labute approximate surface area is 107 Å². The van der Waals surface area contributed by atoms with Crippen LogP contribution in [0.2, 0.25) is 0 Å². The second-order valence-corrected chi connectivity index (χ2v) is 3.80. The number of ether oxygens (including phenoxy) is 1. The monoisotopic (exact) mass is 259 g/mol. The number of H-pyrrole nitrogens is 1. The Hall–Kier alpha value is -2.70. The van der Waals surface area contributed by atoms with Crippen LogP contribution < -0.4 is 10.1 Å². The Morgan fingerprint density at radius 3 is 3.05 bits per heavy atom. The molecule has 0 fully saturated rings. The van der Waals surface area contributed by atoms with Crippen LogP contribution in [0.5, 0.6) is 5.75 Å². The van der Waals surface area contributed by atoms with Crippen molar-refractivity contribution >= 4 is 22.7 Å². The quantitative estimate of drug-likeness (QED) is 0.705. The average molecular weight is 259 g/mol. The molecular formula is C12H10FN5O. The molecule has 0 aliphatic heterocycles. The van der Waals surface area contributed by atoms with Crippen molar-refractivity contribution in [3.05, 3.63) is 36.7 Å². The Morgan fingerprint density at radius 1 is 1.32 bits per heavy atom. The van der Waals surface area contributed by atoms with E-state index in [0.29, 0.717) is 17.1 Å². The fraction of sp³-hybridized carbons (Fsp3) is 0.0833. The SMILES string of the molecule is COc1cccc(Nc2nc(F)nc3nc[nH]c23)c1. The van der Waals surface area contributed by atoms with Gasteiger partial charge in [0.1, 0.15) is 11.3 Å². The molecule has 3 rings (SSSR count). The third-order valence-electron chi connectivity index (χ3n) is 2.59. The van der Waals surface area contributed by atoms with Crippen LogP contribution in [-0.2, 0) is 0 Å². The van der Waals surface area contributed by atoms with Gasteiger partial charge in [0.25, 0.3) is 0 Å². The maximum Gasteiger partial charge on any atom is 0.312 e. The highest BCUT2D eigenvalue weighted by atomic mass is 19.1. The van der Waals surface area contributed by atoms with E-state index in [1.165, 1.54) is 6.33 Å². The first kappa shape index (κ1) is 11.4. The van der Waals surface area contributed by atoms with E-state index >= 15 is 0 Å². The second kappa shape index (κ2) is 4.52. The van der Waals surface area contributed by atoms with Gasteiger partial charge in [-0.05, 0) is 12.1 Å². The molecule has 0 saturated carbocycles. The van der Waals surface area contributed by atoms with Gasteiger partial charge < -0.3 is 15.0 Å². The molecule has 0 radical (unpaired) electrons. The van der Waals surface area contributed by atoms with Crippen molar-refractivity contribution in [3.63, 3.8) is 0 Å². The van der Waals surface area contributed by atoms with Gasteiger partial charge >= 0.3 is 6.08 Å². The van der Waals surface area contributed by atoms with Crippen molar-refractivity contribution in [2.45, 2.75) is 0 Å². The average Bonchev–Trinajstić information content (AvgIpc) is 2.87. The van der Waals surface area contributed by atoms with Crippen molar-refractivity contribution in [2.24, 2.45) is 0 Å². The lowest BCUT2D eigenvalue weighted by Gasteiger charge is -2.07. The number of rotatable bonds is 3. The largest absolute Gasteiger partial charge is 0.497 e. The number of methoxy groups -OCH3 is 1. The third-order valence-corrected chi connectivity index (χ3v) is 2.59. The predicted octanol–water partition coefficient (Wildman–Crippen LogP) is 2.24. The minimum Gasteiger partial charge on any atom is -0.497 e. The maximum absolute atomic E-state index is 13.3. The molecule has 2 heterocycles. The molecule has 0 bridgehead atoms. The molecule has 7 heteroatoms. The van der Waals surface area contributed by atoms with Gasteiger partial charge in [-0.15, -0.1) is 0 Å². The summed E-state index contributed by atoms with van der Waals surface area (Å²) < 4.78 is 18.4. The van der Waals surface area contributed by atoms with Gasteiger partial charge in [-0.25, -0.2) is 4.98 Å². The lowest BCUT2D eigenvalue weighted by molar-refractivity contribution is 0.415. The lowest BCUT2D eigenvalue weighted by Crippen LogP contribution is -1.99. The standard InChI is InChI=1S/C12H10FN5O/c1-19-8-4-2-3-7(5-8)16-11-9-10(15-6-14-9)17-12(13)18-11/h2-6H,1H3,(H2,14,15,16,17,18). The number of imidazole rings is 1. The Bertz CT molecular complexity index is 727. The predicted molar refractivity (Wildman–Crippen MR) is 67.9 cm³/mol. The molecule has 3 aromatic rings. The van der Waals surface area contributed by atoms with Crippen molar-refractivity contribution < 1.29 is 9.13 Å². The first-order valence-electron chi connectivity index (χ1n) is 5.54. The molecule has 2 aromatic heterocycles. The van der Waals surface area contributed by atoms with Crippen molar-refractivity contribution in [3.8, 4) is 5.75 Å². The molecule has 1 aromatic carbocycles. The molecule has 96 valence electrons. The van der Waals surface area contributed by atoms with Crippen LogP contribution in [0.15, 0.2) is 30.6 Å². The summed E-state index contributed by atoms with van der Waals surface area (Å²) in [6, 6.07) is 7.24. The summed E-state index contributed by atoms with van der Waals surface area (Å²) in [7, 11) is 1.58. The van der Waals surface area contributed by atoms with Crippen molar-refractivity contribution in [1.29, 1.82) is 0 Å². The fourth-order valence-electron chi connectivity index (χ4n) is 1.73. The molecule has 0 spiro atoms. The Morgan fingerprint density at radius 2 is 2.21 bits per heavy atom. The van der Waals surface area contributed by atoms with E-state index in [-0.39, 0.29) is 5.65 Å². The van der Waals surface area contributed by atoms with Crippen LogP contribution in [0.4, 0.5) is 15.9 Å². The molecule has 0 aliphatic rings. The number of nitrogens with one attached hydrogen (secondary N) is 2. The van der Waals surface area contributed by atoms with E-state index in [4.69, 9.17) is 4.74 Å². The van der Waals surface area contributed by atoms with Gasteiger partial charge in [0.2, 0.25) is 0 Å². The minimum absolute atomic E-state index is 0.276. The molecule has 0 atom stereocenters. The number of anilines is 2. The van der Waals surface area contributed by atoms with Crippen LogP contribution in [0.25, 0.3) is 11.2 Å². The normalized spacial score (nSPS) is 10.6. The van der Waals surface area contributed by atoms with Gasteiger partial charge in [-0.3, -0.25) is 0 Å². The summed E-state index contributed by atoms with van der Waals surface area (Å²) in [6.45, 7) is 0. The summed E-state index contributed by atoms with van der Waals surface area (Å²) in [5, 5.41) is 3.01. The van der Waals surface area contributed by atoms with Gasteiger partial charge in [0.05, 0.1) is 13.4 Å². The third kappa shape index (κ3) is 2.17. The van der Waals surface area contributed by atoms with Gasteiger partial charge in [-0.1, -0.05) is 6.07 Å². The first-order chi connectivity index (χ1) is 9.26. The molecule has 2 N–H and O–H groups in total. The fourth-order valence-corrected chi connectivity index (χ4v) is 1.73. The van der Waals surface area contributed by atoms with Gasteiger partial charge in [-0.2, -0.15) is 14.4 Å². The van der Waals surface area contributed by atoms with Crippen LogP contribution >= 0.6 is 0 Å². The number of halogens is 1. The molecule has 0 saturated heterocycles. The van der Waals surface area contributed by atoms with E-state index in [1.807, 2.05) is 18.2 Å². The number of fused-ring (bicyclic) bond motifs is 1. The first-order valence-corrected chi connectivity index (χ1v) is 5.54. The maximum atomic E-state index is 13.3. The number of benzene rings is 1. The van der Waals surface area contributed by atoms with E-state index in [0.717, 1.165) is 5.69 Å². The Balaban J connectivity index is 2.02. The highest BCUT2D eigenvalue weighted by molar-refractivity contribution is 5.84. The summed E-state index contributed by atoms with van der Waals surface area (Å²) >= 11 is 0. The zero-order valence-electron chi connectivity index (χ0n) is 10.0. The Kier molecular flexibility index (Phi) is 2.71. The highest BCUT2D eigenvalue weighted by Gasteiger charge is 2.10. The molecule has 19 heavy (non-hydrogen) atoms. The van der Waals surface area contributed by atoms with E-state index in [1.54, 1.807) is 13.2 Å². The smallest absolute Gasteiger partial charge is 0.312 e. The number of hydrogen-bond acceptors (Lipinski definition) is 5. The van der Waals surface area contributed by atoms with Gasteiger partial charge in [0.15, 0.2) is 11.5 Å². The van der Waals surface area contributed by atoms with E-state index in [2.05, 4.69) is 25.3 Å².